The van der Waals surface area contributed by atoms with Gasteiger partial charge in [-0.3, -0.25) is 9.69 Å². The first kappa shape index (κ1) is 18.5. The van der Waals surface area contributed by atoms with E-state index in [-0.39, 0.29) is 23.8 Å². The van der Waals surface area contributed by atoms with Gasteiger partial charge in [0.1, 0.15) is 16.4 Å². The van der Waals surface area contributed by atoms with Crippen molar-refractivity contribution in [1.29, 1.82) is 0 Å². The molecule has 1 saturated heterocycles. The number of anilines is 1. The van der Waals surface area contributed by atoms with E-state index in [1.165, 1.54) is 30.6 Å². The molecule has 1 N–H and O–H groups in total. The normalized spacial score (nSPS) is 14.8. The molecule has 138 valence electrons. The lowest BCUT2D eigenvalue weighted by Gasteiger charge is -2.25. The van der Waals surface area contributed by atoms with Crippen LogP contribution in [0.1, 0.15) is 10.4 Å². The Kier molecular flexibility index (Phi) is 5.97. The summed E-state index contributed by atoms with van der Waals surface area (Å²) in [6.45, 7) is 2.83. The molecule has 0 bridgehead atoms. The standard InChI is InChI=1S/C18H19FN2O4S/c1-24-18(23)16-14(12-2-4-13(19)5-3-12)11-26-17(16)20-15(22)10-21-6-8-25-9-7-21/h2-5,11H,6-10H2,1H3,(H,20,22). The van der Waals surface area contributed by atoms with Gasteiger partial charge in [-0.2, -0.15) is 0 Å². The van der Waals surface area contributed by atoms with Gasteiger partial charge in [0.15, 0.2) is 0 Å². The molecule has 3 rings (SSSR count). The highest BCUT2D eigenvalue weighted by molar-refractivity contribution is 7.15. The largest absolute Gasteiger partial charge is 0.465 e. The third-order valence-electron chi connectivity index (χ3n) is 4.06. The Morgan fingerprint density at radius 1 is 1.27 bits per heavy atom. The zero-order chi connectivity index (χ0) is 18.5. The van der Waals surface area contributed by atoms with Crippen LogP contribution in [-0.4, -0.2) is 56.7 Å². The summed E-state index contributed by atoms with van der Waals surface area (Å²) in [6, 6.07) is 5.82. The highest BCUT2D eigenvalue weighted by atomic mass is 32.1. The van der Waals surface area contributed by atoms with Gasteiger partial charge in [-0.05, 0) is 17.7 Å². The summed E-state index contributed by atoms with van der Waals surface area (Å²) in [5.41, 5.74) is 1.56. The SMILES string of the molecule is COC(=O)c1c(-c2ccc(F)cc2)csc1NC(=O)CN1CCOCC1. The maximum atomic E-state index is 13.2. The summed E-state index contributed by atoms with van der Waals surface area (Å²) in [6.07, 6.45) is 0. The zero-order valence-electron chi connectivity index (χ0n) is 14.3. The van der Waals surface area contributed by atoms with Crippen molar-refractivity contribution < 1.29 is 23.5 Å². The monoisotopic (exact) mass is 378 g/mol. The lowest BCUT2D eigenvalue weighted by atomic mass is 10.0. The van der Waals surface area contributed by atoms with Crippen LogP contribution in [0, 0.1) is 5.82 Å². The number of morpholine rings is 1. The van der Waals surface area contributed by atoms with Crippen molar-refractivity contribution in [3.8, 4) is 11.1 Å². The Morgan fingerprint density at radius 3 is 2.62 bits per heavy atom. The number of hydrogen-bond acceptors (Lipinski definition) is 6. The second-order valence-electron chi connectivity index (χ2n) is 5.79. The van der Waals surface area contributed by atoms with E-state index in [2.05, 4.69) is 5.32 Å². The Morgan fingerprint density at radius 2 is 1.96 bits per heavy atom. The average molecular weight is 378 g/mol. The maximum Gasteiger partial charge on any atom is 0.341 e. The first-order valence-corrected chi connectivity index (χ1v) is 9.02. The molecule has 1 aromatic heterocycles. The molecule has 6 nitrogen and oxygen atoms in total. The third-order valence-corrected chi connectivity index (χ3v) is 4.96. The number of amides is 1. The van der Waals surface area contributed by atoms with Crippen LogP contribution in [0.15, 0.2) is 29.6 Å². The number of hydrogen-bond donors (Lipinski definition) is 1. The number of carbonyl (C=O) groups is 2. The number of nitrogens with one attached hydrogen (secondary N) is 1. The fourth-order valence-corrected chi connectivity index (χ4v) is 3.70. The number of ether oxygens (including phenoxy) is 2. The van der Waals surface area contributed by atoms with E-state index in [1.54, 1.807) is 17.5 Å². The molecule has 1 aliphatic rings. The van der Waals surface area contributed by atoms with E-state index in [0.717, 1.165) is 0 Å². The van der Waals surface area contributed by atoms with Gasteiger partial charge in [0.25, 0.3) is 0 Å². The van der Waals surface area contributed by atoms with Crippen LogP contribution in [-0.2, 0) is 14.3 Å². The van der Waals surface area contributed by atoms with Gasteiger partial charge >= 0.3 is 5.97 Å². The Balaban J connectivity index is 1.81. The van der Waals surface area contributed by atoms with Gasteiger partial charge in [-0.15, -0.1) is 11.3 Å². The summed E-state index contributed by atoms with van der Waals surface area (Å²) >= 11 is 1.24. The highest BCUT2D eigenvalue weighted by Gasteiger charge is 2.23. The summed E-state index contributed by atoms with van der Waals surface area (Å²) in [7, 11) is 1.29. The Labute approximate surface area is 154 Å². The van der Waals surface area contributed by atoms with Crippen LogP contribution < -0.4 is 5.32 Å². The van der Waals surface area contributed by atoms with Gasteiger partial charge in [-0.25, -0.2) is 9.18 Å². The quantitative estimate of drug-likeness (QED) is 0.810. The van der Waals surface area contributed by atoms with E-state index in [4.69, 9.17) is 9.47 Å². The summed E-state index contributed by atoms with van der Waals surface area (Å²) in [5, 5.41) is 4.98. The molecule has 1 amide bonds. The lowest BCUT2D eigenvalue weighted by Crippen LogP contribution is -2.41. The second kappa shape index (κ2) is 8.39. The van der Waals surface area contributed by atoms with E-state index in [0.29, 0.717) is 42.4 Å². The smallest absolute Gasteiger partial charge is 0.341 e. The van der Waals surface area contributed by atoms with Crippen molar-refractivity contribution in [2.24, 2.45) is 0 Å². The Bertz CT molecular complexity index is 785. The minimum absolute atomic E-state index is 0.204. The molecule has 0 aliphatic carbocycles. The van der Waals surface area contributed by atoms with E-state index >= 15 is 0 Å². The van der Waals surface area contributed by atoms with E-state index in [9.17, 15) is 14.0 Å². The summed E-state index contributed by atoms with van der Waals surface area (Å²) in [4.78, 5) is 26.6. The van der Waals surface area contributed by atoms with Crippen LogP contribution in [0.3, 0.4) is 0 Å². The molecule has 1 fully saturated rings. The predicted octanol–water partition coefficient (Wildman–Crippen LogP) is 2.61. The molecule has 1 aromatic carbocycles. The van der Waals surface area contributed by atoms with Gasteiger partial charge < -0.3 is 14.8 Å². The van der Waals surface area contributed by atoms with Gasteiger partial charge in [0, 0.05) is 24.0 Å². The van der Waals surface area contributed by atoms with Crippen molar-refractivity contribution >= 4 is 28.2 Å². The number of nitrogens with zero attached hydrogens (tertiary/aromatic N) is 1. The van der Waals surface area contributed by atoms with Crippen molar-refractivity contribution in [2.75, 3.05) is 45.3 Å². The summed E-state index contributed by atoms with van der Waals surface area (Å²) in [5.74, 6) is -1.11. The Hall–Kier alpha value is -2.29. The van der Waals surface area contributed by atoms with Crippen LogP contribution >= 0.6 is 11.3 Å². The number of esters is 1. The molecule has 1 aliphatic heterocycles. The third kappa shape index (κ3) is 4.27. The number of thiophene rings is 1. The van der Waals surface area contributed by atoms with Crippen molar-refractivity contribution in [3.63, 3.8) is 0 Å². The zero-order valence-corrected chi connectivity index (χ0v) is 15.1. The van der Waals surface area contributed by atoms with Crippen LogP contribution in [0.5, 0.6) is 0 Å². The highest BCUT2D eigenvalue weighted by Crippen LogP contribution is 2.36. The van der Waals surface area contributed by atoms with Gasteiger partial charge in [0.2, 0.25) is 5.91 Å². The number of methoxy groups -OCH3 is 1. The van der Waals surface area contributed by atoms with E-state index < -0.39 is 5.97 Å². The first-order valence-electron chi connectivity index (χ1n) is 8.14. The maximum absolute atomic E-state index is 13.2. The fraction of sp³-hybridized carbons (Fsp3) is 0.333. The minimum atomic E-state index is -0.549. The predicted molar refractivity (Wildman–Crippen MR) is 96.9 cm³/mol. The molecule has 0 spiro atoms. The molecule has 0 atom stereocenters. The summed E-state index contributed by atoms with van der Waals surface area (Å²) < 4.78 is 23.3. The van der Waals surface area contributed by atoms with E-state index in [1.807, 2.05) is 4.90 Å². The first-order chi connectivity index (χ1) is 12.6. The fourth-order valence-electron chi connectivity index (χ4n) is 2.73. The topological polar surface area (TPSA) is 67.9 Å². The number of carbonyl (C=O) groups excluding carboxylic acids is 2. The molecule has 0 unspecified atom stereocenters. The van der Waals surface area contributed by atoms with Gasteiger partial charge in [-0.1, -0.05) is 12.1 Å². The average Bonchev–Trinajstić information content (AvgIpc) is 3.06. The van der Waals surface area contributed by atoms with Crippen molar-refractivity contribution in [1.82, 2.24) is 4.90 Å². The van der Waals surface area contributed by atoms with Crippen LogP contribution in [0.2, 0.25) is 0 Å². The number of halogens is 1. The molecular weight excluding hydrogens is 359 g/mol. The number of benzene rings is 1. The molecular formula is C18H19FN2O4S. The van der Waals surface area contributed by atoms with Gasteiger partial charge in [0.05, 0.1) is 26.9 Å². The van der Waals surface area contributed by atoms with Crippen molar-refractivity contribution in [3.05, 3.63) is 41.0 Å². The second-order valence-corrected chi connectivity index (χ2v) is 6.67. The molecule has 2 aromatic rings. The molecule has 0 saturated carbocycles. The lowest BCUT2D eigenvalue weighted by molar-refractivity contribution is -0.118. The van der Waals surface area contributed by atoms with Crippen LogP contribution in [0.4, 0.5) is 9.39 Å². The molecule has 2 heterocycles. The number of rotatable bonds is 5. The molecule has 8 heteroatoms. The molecule has 26 heavy (non-hydrogen) atoms. The van der Waals surface area contributed by atoms with Crippen LogP contribution in [0.25, 0.3) is 11.1 Å². The van der Waals surface area contributed by atoms with Crippen molar-refractivity contribution in [2.45, 2.75) is 0 Å². The molecule has 0 radical (unpaired) electrons. The minimum Gasteiger partial charge on any atom is -0.465 e.